The Labute approximate surface area is 113 Å². The summed E-state index contributed by atoms with van der Waals surface area (Å²) in [5, 5.41) is 0.347. The van der Waals surface area contributed by atoms with Gasteiger partial charge >= 0.3 is 5.69 Å². The lowest BCUT2D eigenvalue weighted by Gasteiger charge is -2.09. The maximum Gasteiger partial charge on any atom is 0.329 e. The summed E-state index contributed by atoms with van der Waals surface area (Å²) in [7, 11) is 1.55. The van der Waals surface area contributed by atoms with Crippen molar-refractivity contribution < 1.29 is 9.15 Å². The topological polar surface area (TPSA) is 77.2 Å². The van der Waals surface area contributed by atoms with Gasteiger partial charge in [0.25, 0.3) is 5.56 Å². The highest BCUT2D eigenvalue weighted by atomic mass is 16.5. The maximum absolute atomic E-state index is 12.3. The first-order valence-electron chi connectivity index (χ1n) is 6.01. The van der Waals surface area contributed by atoms with Crippen molar-refractivity contribution in [2.45, 2.75) is 6.54 Å². The molecule has 0 aliphatic heterocycles. The molecule has 0 fully saturated rings. The van der Waals surface area contributed by atoms with Gasteiger partial charge in [-0.25, -0.2) is 4.79 Å². The molecule has 0 unspecified atom stereocenters. The summed E-state index contributed by atoms with van der Waals surface area (Å²) in [6.45, 7) is 0.138. The van der Waals surface area contributed by atoms with E-state index in [1.54, 1.807) is 13.2 Å². The second-order valence-corrected chi connectivity index (χ2v) is 4.33. The SMILES string of the molecule is COc1ccccc1Cn1c(=O)[nH]c2cocc2c1=O. The summed E-state index contributed by atoms with van der Waals surface area (Å²) >= 11 is 0. The van der Waals surface area contributed by atoms with Crippen LogP contribution in [0.2, 0.25) is 0 Å². The quantitative estimate of drug-likeness (QED) is 0.780. The molecule has 102 valence electrons. The minimum atomic E-state index is -0.477. The predicted octanol–water partition coefficient (Wildman–Crippen LogP) is 1.34. The summed E-state index contributed by atoms with van der Waals surface area (Å²) in [6.07, 6.45) is 2.66. The monoisotopic (exact) mass is 272 g/mol. The fourth-order valence-electron chi connectivity index (χ4n) is 2.13. The molecule has 3 aromatic rings. The van der Waals surface area contributed by atoms with Crippen LogP contribution in [-0.4, -0.2) is 16.7 Å². The highest BCUT2D eigenvalue weighted by Crippen LogP contribution is 2.17. The molecule has 20 heavy (non-hydrogen) atoms. The highest BCUT2D eigenvalue weighted by molar-refractivity contribution is 5.75. The van der Waals surface area contributed by atoms with E-state index >= 15 is 0 Å². The number of hydrogen-bond donors (Lipinski definition) is 1. The van der Waals surface area contributed by atoms with E-state index in [0.29, 0.717) is 16.7 Å². The highest BCUT2D eigenvalue weighted by Gasteiger charge is 2.11. The van der Waals surface area contributed by atoms with Crippen LogP contribution in [0, 0.1) is 0 Å². The third-order valence-electron chi connectivity index (χ3n) is 3.15. The Hall–Kier alpha value is -2.76. The van der Waals surface area contributed by atoms with E-state index in [4.69, 9.17) is 9.15 Å². The molecule has 6 heteroatoms. The molecule has 0 aliphatic carbocycles. The first kappa shape index (κ1) is 12.3. The number of fused-ring (bicyclic) bond motifs is 1. The number of aromatic amines is 1. The van der Waals surface area contributed by atoms with Crippen molar-refractivity contribution in [1.82, 2.24) is 9.55 Å². The van der Waals surface area contributed by atoms with E-state index in [1.807, 2.05) is 18.2 Å². The first-order valence-corrected chi connectivity index (χ1v) is 6.01. The molecular formula is C14H12N2O4. The van der Waals surface area contributed by atoms with Crippen LogP contribution in [0.25, 0.3) is 10.9 Å². The molecule has 3 rings (SSSR count). The number of nitrogens with zero attached hydrogens (tertiary/aromatic N) is 1. The van der Waals surface area contributed by atoms with Crippen molar-refractivity contribution in [3.63, 3.8) is 0 Å². The fourth-order valence-corrected chi connectivity index (χ4v) is 2.13. The molecule has 0 bridgehead atoms. The number of ether oxygens (including phenoxy) is 1. The average molecular weight is 272 g/mol. The Morgan fingerprint density at radius 1 is 1.25 bits per heavy atom. The summed E-state index contributed by atoms with van der Waals surface area (Å²) in [4.78, 5) is 26.8. The second kappa shape index (κ2) is 4.73. The second-order valence-electron chi connectivity index (χ2n) is 4.33. The van der Waals surface area contributed by atoms with Crippen LogP contribution in [0.4, 0.5) is 0 Å². The Morgan fingerprint density at radius 2 is 2.05 bits per heavy atom. The van der Waals surface area contributed by atoms with Crippen molar-refractivity contribution in [2.75, 3.05) is 7.11 Å². The van der Waals surface area contributed by atoms with Gasteiger partial charge in [-0.1, -0.05) is 18.2 Å². The van der Waals surface area contributed by atoms with Gasteiger partial charge in [0.1, 0.15) is 23.7 Å². The molecule has 1 N–H and O–H groups in total. The average Bonchev–Trinajstić information content (AvgIpc) is 2.92. The molecule has 0 atom stereocenters. The Morgan fingerprint density at radius 3 is 2.85 bits per heavy atom. The maximum atomic E-state index is 12.3. The molecule has 0 aliphatic rings. The Kier molecular flexibility index (Phi) is 2.90. The summed E-state index contributed by atoms with van der Waals surface area (Å²) < 4.78 is 11.3. The minimum absolute atomic E-state index is 0.138. The molecule has 0 radical (unpaired) electrons. The van der Waals surface area contributed by atoms with E-state index < -0.39 is 5.69 Å². The van der Waals surface area contributed by atoms with E-state index in [0.717, 1.165) is 10.1 Å². The molecule has 6 nitrogen and oxygen atoms in total. The van der Waals surface area contributed by atoms with Gasteiger partial charge in [0.2, 0.25) is 0 Å². The zero-order valence-electron chi connectivity index (χ0n) is 10.8. The van der Waals surface area contributed by atoms with Gasteiger partial charge in [0.15, 0.2) is 0 Å². The van der Waals surface area contributed by atoms with Crippen molar-refractivity contribution >= 4 is 10.9 Å². The van der Waals surface area contributed by atoms with E-state index in [-0.39, 0.29) is 12.1 Å². The molecule has 1 aromatic carbocycles. The number of H-pyrrole nitrogens is 1. The lowest BCUT2D eigenvalue weighted by atomic mass is 10.2. The molecular weight excluding hydrogens is 260 g/mol. The standard InChI is InChI=1S/C14H12N2O4/c1-19-12-5-3-2-4-9(12)6-16-13(17)10-7-20-8-11(10)15-14(16)18/h2-5,7-8H,6H2,1H3,(H,15,18). The van der Waals surface area contributed by atoms with Gasteiger partial charge in [0.05, 0.1) is 19.2 Å². The van der Waals surface area contributed by atoms with Gasteiger partial charge < -0.3 is 14.1 Å². The number of benzene rings is 1. The first-order chi connectivity index (χ1) is 9.70. The van der Waals surface area contributed by atoms with Crippen LogP contribution in [0.15, 0.2) is 50.8 Å². The van der Waals surface area contributed by atoms with E-state index in [2.05, 4.69) is 4.98 Å². The zero-order valence-corrected chi connectivity index (χ0v) is 10.8. The van der Waals surface area contributed by atoms with Crippen molar-refractivity contribution in [2.24, 2.45) is 0 Å². The van der Waals surface area contributed by atoms with Crippen LogP contribution in [-0.2, 0) is 6.54 Å². The van der Waals surface area contributed by atoms with Gasteiger partial charge in [-0.15, -0.1) is 0 Å². The van der Waals surface area contributed by atoms with Crippen molar-refractivity contribution in [3.8, 4) is 5.75 Å². The molecule has 0 saturated heterocycles. The lowest BCUT2D eigenvalue weighted by Crippen LogP contribution is -2.35. The predicted molar refractivity (Wildman–Crippen MR) is 73.2 cm³/mol. The van der Waals surface area contributed by atoms with Crippen LogP contribution in [0.5, 0.6) is 5.75 Å². The molecule has 0 amide bonds. The summed E-state index contributed by atoms with van der Waals surface area (Å²) in [5.74, 6) is 0.631. The largest absolute Gasteiger partial charge is 0.496 e. The third-order valence-corrected chi connectivity index (χ3v) is 3.15. The van der Waals surface area contributed by atoms with Crippen LogP contribution < -0.4 is 16.0 Å². The number of para-hydroxylation sites is 1. The Bertz CT molecular complexity index is 873. The van der Waals surface area contributed by atoms with Crippen LogP contribution in [0.3, 0.4) is 0 Å². The number of hydrogen-bond acceptors (Lipinski definition) is 4. The van der Waals surface area contributed by atoms with Gasteiger partial charge in [-0.05, 0) is 6.07 Å². The Balaban J connectivity index is 2.15. The van der Waals surface area contributed by atoms with Crippen molar-refractivity contribution in [3.05, 3.63) is 63.2 Å². The van der Waals surface area contributed by atoms with Crippen molar-refractivity contribution in [1.29, 1.82) is 0 Å². The lowest BCUT2D eigenvalue weighted by molar-refractivity contribution is 0.408. The van der Waals surface area contributed by atoms with Gasteiger partial charge in [0, 0.05) is 5.56 Å². The smallest absolute Gasteiger partial charge is 0.329 e. The zero-order chi connectivity index (χ0) is 14.1. The summed E-state index contributed by atoms with van der Waals surface area (Å²) in [5.41, 5.74) is 0.292. The van der Waals surface area contributed by atoms with Gasteiger partial charge in [-0.3, -0.25) is 9.36 Å². The van der Waals surface area contributed by atoms with E-state index in [1.165, 1.54) is 12.5 Å². The van der Waals surface area contributed by atoms with E-state index in [9.17, 15) is 9.59 Å². The van der Waals surface area contributed by atoms with Crippen LogP contribution in [0.1, 0.15) is 5.56 Å². The molecule has 2 heterocycles. The molecule has 2 aromatic heterocycles. The minimum Gasteiger partial charge on any atom is -0.496 e. The number of furan rings is 1. The number of aromatic nitrogens is 2. The summed E-state index contributed by atoms with van der Waals surface area (Å²) in [6, 6.07) is 7.25. The normalized spacial score (nSPS) is 10.8. The molecule has 0 spiro atoms. The number of rotatable bonds is 3. The molecule has 0 saturated carbocycles. The number of methoxy groups -OCH3 is 1. The van der Waals surface area contributed by atoms with Gasteiger partial charge in [-0.2, -0.15) is 0 Å². The fraction of sp³-hybridized carbons (Fsp3) is 0.143. The number of nitrogens with one attached hydrogen (secondary N) is 1. The third kappa shape index (κ3) is 1.91. The van der Waals surface area contributed by atoms with Crippen LogP contribution >= 0.6 is 0 Å².